The summed E-state index contributed by atoms with van der Waals surface area (Å²) in [6, 6.07) is 0. The predicted octanol–water partition coefficient (Wildman–Crippen LogP) is 2.62. The van der Waals surface area contributed by atoms with Gasteiger partial charge >= 0.3 is 11.9 Å². The van der Waals surface area contributed by atoms with Crippen LogP contribution in [-0.2, 0) is 20.7 Å². The first-order valence-electron chi connectivity index (χ1n) is 8.15. The third-order valence-corrected chi connectivity index (χ3v) is 4.35. The van der Waals surface area contributed by atoms with Crippen LogP contribution in [0.5, 0.6) is 0 Å². The molecule has 2 rings (SSSR count). The summed E-state index contributed by atoms with van der Waals surface area (Å²) >= 11 is 1.21. The number of thiazole rings is 1. The van der Waals surface area contributed by atoms with Crippen molar-refractivity contribution in [3.8, 4) is 0 Å². The number of anilines is 1. The molecule has 0 aromatic carbocycles. The van der Waals surface area contributed by atoms with Crippen LogP contribution >= 0.6 is 11.3 Å². The summed E-state index contributed by atoms with van der Waals surface area (Å²) in [6.45, 7) is 7.39. The Morgan fingerprint density at radius 2 is 1.88 bits per heavy atom. The minimum absolute atomic E-state index is 0.0510. The number of carbonyl (C=O) groups is 3. The summed E-state index contributed by atoms with van der Waals surface area (Å²) in [6.07, 6.45) is 0.0510. The first-order valence-corrected chi connectivity index (χ1v) is 9.02. The predicted molar refractivity (Wildman–Crippen MR) is 96.6 cm³/mol. The summed E-state index contributed by atoms with van der Waals surface area (Å²) < 4.78 is 9.85. The highest BCUT2D eigenvalue weighted by Gasteiger charge is 2.23. The van der Waals surface area contributed by atoms with Gasteiger partial charge in [-0.1, -0.05) is 0 Å². The molecule has 2 N–H and O–H groups in total. The van der Waals surface area contributed by atoms with E-state index in [4.69, 9.17) is 9.47 Å². The van der Waals surface area contributed by atoms with E-state index in [1.165, 1.54) is 11.3 Å². The molecule has 0 aliphatic rings. The number of H-pyrrole nitrogens is 1. The van der Waals surface area contributed by atoms with Gasteiger partial charge in [0.25, 0.3) is 5.91 Å². The van der Waals surface area contributed by atoms with Gasteiger partial charge in [-0.3, -0.25) is 14.9 Å². The summed E-state index contributed by atoms with van der Waals surface area (Å²) in [7, 11) is 0. The van der Waals surface area contributed by atoms with Gasteiger partial charge in [-0.25, -0.2) is 9.78 Å². The summed E-state index contributed by atoms with van der Waals surface area (Å²) in [4.78, 5) is 43.1. The van der Waals surface area contributed by atoms with Crippen molar-refractivity contribution >= 4 is 34.3 Å². The van der Waals surface area contributed by atoms with Gasteiger partial charge < -0.3 is 14.5 Å². The molecule has 0 bridgehead atoms. The smallest absolute Gasteiger partial charge is 0.355 e. The van der Waals surface area contributed by atoms with E-state index in [2.05, 4.69) is 15.3 Å². The molecule has 0 fully saturated rings. The van der Waals surface area contributed by atoms with E-state index in [1.54, 1.807) is 33.1 Å². The quantitative estimate of drug-likeness (QED) is 0.716. The van der Waals surface area contributed by atoms with E-state index in [0.29, 0.717) is 34.3 Å². The molecule has 2 aromatic rings. The number of ether oxygens (including phenoxy) is 2. The molecule has 9 heteroatoms. The number of aromatic amines is 1. The van der Waals surface area contributed by atoms with Crippen molar-refractivity contribution in [1.29, 1.82) is 0 Å². The fourth-order valence-electron chi connectivity index (χ4n) is 2.46. The topological polar surface area (TPSA) is 110 Å². The highest BCUT2D eigenvalue weighted by molar-refractivity contribution is 7.14. The minimum atomic E-state index is -0.502. The zero-order chi connectivity index (χ0) is 19.3. The summed E-state index contributed by atoms with van der Waals surface area (Å²) in [5.41, 5.74) is 2.23. The normalized spacial score (nSPS) is 10.5. The number of rotatable bonds is 7. The first-order chi connectivity index (χ1) is 12.4. The van der Waals surface area contributed by atoms with E-state index in [1.807, 2.05) is 0 Å². The van der Waals surface area contributed by atoms with Gasteiger partial charge in [0.2, 0.25) is 0 Å². The van der Waals surface area contributed by atoms with E-state index in [-0.39, 0.29) is 30.6 Å². The number of amides is 1. The largest absolute Gasteiger partial charge is 0.466 e. The second-order valence-corrected chi connectivity index (χ2v) is 6.28. The van der Waals surface area contributed by atoms with Gasteiger partial charge in [0.05, 0.1) is 30.9 Å². The molecule has 26 heavy (non-hydrogen) atoms. The van der Waals surface area contributed by atoms with Crippen molar-refractivity contribution < 1.29 is 23.9 Å². The maximum Gasteiger partial charge on any atom is 0.355 e. The molecule has 140 valence electrons. The molecule has 8 nitrogen and oxygen atoms in total. The van der Waals surface area contributed by atoms with Crippen molar-refractivity contribution in [2.45, 2.75) is 34.1 Å². The number of carbonyl (C=O) groups excluding carboxylic acids is 3. The van der Waals surface area contributed by atoms with Crippen molar-refractivity contribution in [3.05, 3.63) is 33.6 Å². The highest BCUT2D eigenvalue weighted by atomic mass is 32.1. The third kappa shape index (κ3) is 4.48. The van der Waals surface area contributed by atoms with Gasteiger partial charge in [0.15, 0.2) is 5.13 Å². The van der Waals surface area contributed by atoms with E-state index in [9.17, 15) is 14.4 Å². The zero-order valence-corrected chi connectivity index (χ0v) is 15.9. The Balaban J connectivity index is 2.12. The Bertz CT molecular complexity index is 824. The molecule has 0 saturated heterocycles. The fourth-order valence-corrected chi connectivity index (χ4v) is 3.17. The molecule has 2 aromatic heterocycles. The standard InChI is InChI=1S/C17H21N3O5S/c1-5-24-12(21)7-11-8-26-17(19-11)20-15(22)13-9(3)14(18-10(13)4)16(23)25-6-2/h8,18H,5-7H2,1-4H3,(H,19,20,22). The number of hydrogen-bond donors (Lipinski definition) is 2. The Morgan fingerprint density at radius 1 is 1.19 bits per heavy atom. The van der Waals surface area contributed by atoms with Crippen molar-refractivity contribution in [1.82, 2.24) is 9.97 Å². The van der Waals surface area contributed by atoms with Crippen LogP contribution in [0.25, 0.3) is 0 Å². The van der Waals surface area contributed by atoms with Crippen LogP contribution in [0.3, 0.4) is 0 Å². The molecule has 0 saturated carbocycles. The van der Waals surface area contributed by atoms with Gasteiger partial charge in [-0.15, -0.1) is 11.3 Å². The van der Waals surface area contributed by atoms with Gasteiger partial charge in [-0.2, -0.15) is 0 Å². The molecule has 0 spiro atoms. The van der Waals surface area contributed by atoms with Crippen molar-refractivity contribution in [2.75, 3.05) is 18.5 Å². The summed E-state index contributed by atoms with van der Waals surface area (Å²) in [5, 5.41) is 4.75. The average Bonchev–Trinajstić information content (AvgIpc) is 3.11. The zero-order valence-electron chi connectivity index (χ0n) is 15.1. The lowest BCUT2D eigenvalue weighted by Gasteiger charge is -2.03. The van der Waals surface area contributed by atoms with Crippen LogP contribution in [-0.4, -0.2) is 41.0 Å². The van der Waals surface area contributed by atoms with Crippen LogP contribution in [0.2, 0.25) is 0 Å². The van der Waals surface area contributed by atoms with E-state index in [0.717, 1.165) is 0 Å². The number of esters is 2. The van der Waals surface area contributed by atoms with Crippen LogP contribution in [0.4, 0.5) is 5.13 Å². The molecule has 0 unspecified atom stereocenters. The number of aryl methyl sites for hydroxylation is 1. The number of nitrogens with zero attached hydrogens (tertiary/aromatic N) is 1. The highest BCUT2D eigenvalue weighted by Crippen LogP contribution is 2.22. The number of nitrogens with one attached hydrogen (secondary N) is 2. The average molecular weight is 379 g/mol. The lowest BCUT2D eigenvalue weighted by Crippen LogP contribution is -2.14. The van der Waals surface area contributed by atoms with Crippen LogP contribution in [0.15, 0.2) is 5.38 Å². The molecule has 2 heterocycles. The summed E-state index contributed by atoms with van der Waals surface area (Å²) in [5.74, 6) is -1.26. The Morgan fingerprint density at radius 3 is 2.54 bits per heavy atom. The molecular formula is C17H21N3O5S. The maximum absolute atomic E-state index is 12.6. The second-order valence-electron chi connectivity index (χ2n) is 5.43. The Hall–Kier alpha value is -2.68. The SMILES string of the molecule is CCOC(=O)Cc1csc(NC(=O)c2c(C)[nH]c(C(=O)OCC)c2C)n1. The molecule has 0 radical (unpaired) electrons. The van der Waals surface area contributed by atoms with Gasteiger partial charge in [0.1, 0.15) is 5.69 Å². The van der Waals surface area contributed by atoms with Crippen molar-refractivity contribution in [3.63, 3.8) is 0 Å². The minimum Gasteiger partial charge on any atom is -0.466 e. The van der Waals surface area contributed by atoms with E-state index < -0.39 is 5.97 Å². The first kappa shape index (κ1) is 19.6. The van der Waals surface area contributed by atoms with Crippen LogP contribution in [0.1, 0.15) is 51.6 Å². The Labute approximate surface area is 154 Å². The molecule has 1 amide bonds. The third-order valence-electron chi connectivity index (χ3n) is 3.55. The van der Waals surface area contributed by atoms with Crippen LogP contribution < -0.4 is 5.32 Å². The van der Waals surface area contributed by atoms with Gasteiger partial charge in [0, 0.05) is 11.1 Å². The lowest BCUT2D eigenvalue weighted by atomic mass is 10.1. The van der Waals surface area contributed by atoms with E-state index >= 15 is 0 Å². The Kier molecular flexibility index (Phi) is 6.51. The number of aromatic nitrogens is 2. The molecule has 0 aliphatic heterocycles. The molecular weight excluding hydrogens is 358 g/mol. The number of hydrogen-bond acceptors (Lipinski definition) is 7. The maximum atomic E-state index is 12.6. The second kappa shape index (κ2) is 8.61. The van der Waals surface area contributed by atoms with Crippen molar-refractivity contribution in [2.24, 2.45) is 0 Å². The molecule has 0 aliphatic carbocycles. The van der Waals surface area contributed by atoms with Crippen LogP contribution in [0, 0.1) is 13.8 Å². The van der Waals surface area contributed by atoms with Gasteiger partial charge in [-0.05, 0) is 33.3 Å². The fraction of sp³-hybridized carbons (Fsp3) is 0.412. The monoisotopic (exact) mass is 379 g/mol. The molecule has 0 atom stereocenters. The lowest BCUT2D eigenvalue weighted by molar-refractivity contribution is -0.142.